The highest BCUT2D eigenvalue weighted by atomic mass is 19.2. The lowest BCUT2D eigenvalue weighted by Crippen LogP contribution is -2.47. The number of halogens is 2. The summed E-state index contributed by atoms with van der Waals surface area (Å²) in [7, 11) is 0. The zero-order valence-corrected chi connectivity index (χ0v) is 19.3. The number of amides is 3. The summed E-state index contributed by atoms with van der Waals surface area (Å²) in [5, 5.41) is 7.10. The molecular formula is C23H29F2N7O2. The van der Waals surface area contributed by atoms with Crippen molar-refractivity contribution in [3.63, 3.8) is 0 Å². The number of urea groups is 1. The molecule has 3 amide bonds. The number of nitrogens with one attached hydrogen (secondary N) is 1. The fourth-order valence-electron chi connectivity index (χ4n) is 5.45. The van der Waals surface area contributed by atoms with Gasteiger partial charge in [-0.3, -0.25) is 14.4 Å². The Hall–Kier alpha value is -3.21. The van der Waals surface area contributed by atoms with Crippen LogP contribution in [0.1, 0.15) is 38.8 Å². The van der Waals surface area contributed by atoms with Gasteiger partial charge < -0.3 is 20.9 Å². The van der Waals surface area contributed by atoms with Crippen LogP contribution in [-0.2, 0) is 17.9 Å². The molecule has 1 aromatic heterocycles. The van der Waals surface area contributed by atoms with Crippen LogP contribution in [0.5, 0.6) is 0 Å². The number of nitrogens with zero attached hydrogens (tertiary/aromatic N) is 5. The molecule has 0 radical (unpaired) electrons. The second kappa shape index (κ2) is 8.53. The fourth-order valence-corrected chi connectivity index (χ4v) is 5.45. The number of rotatable bonds is 3. The summed E-state index contributed by atoms with van der Waals surface area (Å²) in [5.74, 6) is -2.21. The van der Waals surface area contributed by atoms with Crippen molar-refractivity contribution in [1.29, 1.82) is 0 Å². The zero-order valence-electron chi connectivity index (χ0n) is 19.3. The number of benzene rings is 1. The molecule has 2 aromatic rings. The van der Waals surface area contributed by atoms with Gasteiger partial charge in [-0.15, -0.1) is 0 Å². The van der Waals surface area contributed by atoms with E-state index in [1.165, 1.54) is 6.07 Å². The van der Waals surface area contributed by atoms with E-state index in [2.05, 4.69) is 22.2 Å². The van der Waals surface area contributed by atoms with Gasteiger partial charge in [0.15, 0.2) is 11.6 Å². The third-order valence-corrected chi connectivity index (χ3v) is 7.27. The first-order valence-corrected chi connectivity index (χ1v) is 11.7. The van der Waals surface area contributed by atoms with Gasteiger partial charge in [0.2, 0.25) is 5.91 Å². The highest BCUT2D eigenvalue weighted by molar-refractivity contribution is 5.97. The second-order valence-corrected chi connectivity index (χ2v) is 9.45. The van der Waals surface area contributed by atoms with Gasteiger partial charge in [-0.1, -0.05) is 0 Å². The molecule has 2 fully saturated rings. The normalized spacial score (nSPS) is 25.2. The average molecular weight is 474 g/mol. The number of nitrogen functional groups attached to an aromatic ring is 1. The first kappa shape index (κ1) is 22.6. The Bertz CT molecular complexity index is 1110. The molecule has 1 aromatic carbocycles. The lowest BCUT2D eigenvalue weighted by Gasteiger charge is -2.36. The van der Waals surface area contributed by atoms with Crippen molar-refractivity contribution in [1.82, 2.24) is 19.6 Å². The standard InChI is InChI=1S/C23H29F2N7O2/c1-13-11-31-20(12-30(13)23(34)28-15-7-16(24)22(25)17(26)8-15)19(10-27-31)32-14(2)18(9-21(32)33)29-5-3-4-6-29/h7-8,10,13-14,18H,3-6,9,11-12,26H2,1-2H3,(H,28,34)/t13-,14-,18?/m0/s1. The van der Waals surface area contributed by atoms with Gasteiger partial charge >= 0.3 is 6.03 Å². The molecule has 3 atom stereocenters. The monoisotopic (exact) mass is 473 g/mol. The summed E-state index contributed by atoms with van der Waals surface area (Å²) in [6.07, 6.45) is 4.50. The van der Waals surface area contributed by atoms with Gasteiger partial charge in [0, 0.05) is 24.2 Å². The molecule has 0 saturated carbocycles. The van der Waals surface area contributed by atoms with E-state index in [9.17, 15) is 18.4 Å². The van der Waals surface area contributed by atoms with Gasteiger partial charge in [0.1, 0.15) is 0 Å². The lowest BCUT2D eigenvalue weighted by molar-refractivity contribution is -0.117. The number of hydrogen-bond acceptors (Lipinski definition) is 5. The molecule has 3 aliphatic rings. The predicted octanol–water partition coefficient (Wildman–Crippen LogP) is 2.77. The first-order chi connectivity index (χ1) is 16.2. The fraction of sp³-hybridized carbons (Fsp3) is 0.522. The van der Waals surface area contributed by atoms with Crippen LogP contribution in [0.3, 0.4) is 0 Å². The molecular weight excluding hydrogens is 444 g/mol. The number of aromatic nitrogens is 2. The minimum Gasteiger partial charge on any atom is -0.396 e. The Morgan fingerprint density at radius 1 is 1.21 bits per heavy atom. The van der Waals surface area contributed by atoms with Crippen LogP contribution < -0.4 is 16.0 Å². The van der Waals surface area contributed by atoms with Gasteiger partial charge in [-0.05, 0) is 45.8 Å². The third kappa shape index (κ3) is 3.77. The van der Waals surface area contributed by atoms with Crippen LogP contribution in [0.4, 0.5) is 30.6 Å². The topological polar surface area (TPSA) is 99.7 Å². The minimum absolute atomic E-state index is 0.00583. The number of carbonyl (C=O) groups excluding carboxylic acids is 2. The van der Waals surface area contributed by atoms with Crippen LogP contribution in [-0.4, -0.2) is 62.7 Å². The van der Waals surface area contributed by atoms with Crippen molar-refractivity contribution in [3.05, 3.63) is 35.7 Å². The van der Waals surface area contributed by atoms with Gasteiger partial charge in [0.25, 0.3) is 0 Å². The number of hydrogen-bond donors (Lipinski definition) is 2. The zero-order chi connectivity index (χ0) is 24.1. The molecule has 9 nitrogen and oxygen atoms in total. The number of nitrogens with two attached hydrogens (primary N) is 1. The van der Waals surface area contributed by atoms with E-state index in [1.54, 1.807) is 11.1 Å². The highest BCUT2D eigenvalue weighted by Crippen LogP contribution is 2.35. The largest absolute Gasteiger partial charge is 0.396 e. The van der Waals surface area contributed by atoms with Crippen molar-refractivity contribution >= 4 is 29.0 Å². The Morgan fingerprint density at radius 2 is 1.94 bits per heavy atom. The quantitative estimate of drug-likeness (QED) is 0.668. The Kier molecular flexibility index (Phi) is 5.67. The van der Waals surface area contributed by atoms with Crippen LogP contribution in [0.2, 0.25) is 0 Å². The van der Waals surface area contributed by atoms with Crippen LogP contribution in [0.25, 0.3) is 0 Å². The molecule has 4 heterocycles. The van der Waals surface area contributed by atoms with Crippen LogP contribution in [0.15, 0.2) is 18.3 Å². The Morgan fingerprint density at radius 3 is 2.65 bits per heavy atom. The first-order valence-electron chi connectivity index (χ1n) is 11.7. The second-order valence-electron chi connectivity index (χ2n) is 9.45. The summed E-state index contributed by atoms with van der Waals surface area (Å²) >= 11 is 0. The molecule has 0 aliphatic carbocycles. The summed E-state index contributed by atoms with van der Waals surface area (Å²) in [6.45, 7) is 6.67. The van der Waals surface area contributed by atoms with Crippen molar-refractivity contribution in [3.8, 4) is 0 Å². The van der Waals surface area contributed by atoms with Crippen molar-refractivity contribution < 1.29 is 18.4 Å². The number of carbonyl (C=O) groups is 2. The van der Waals surface area contributed by atoms with E-state index in [-0.39, 0.29) is 42.0 Å². The van der Waals surface area contributed by atoms with E-state index in [0.717, 1.165) is 43.4 Å². The molecule has 2 saturated heterocycles. The predicted molar refractivity (Wildman–Crippen MR) is 123 cm³/mol. The Balaban J connectivity index is 1.37. The van der Waals surface area contributed by atoms with E-state index in [0.29, 0.717) is 13.0 Å². The maximum Gasteiger partial charge on any atom is 0.322 e. The molecule has 3 N–H and O–H groups in total. The minimum atomic E-state index is -1.14. The molecule has 0 spiro atoms. The Labute approximate surface area is 196 Å². The molecule has 0 bridgehead atoms. The van der Waals surface area contributed by atoms with Crippen molar-refractivity contribution in [2.24, 2.45) is 0 Å². The van der Waals surface area contributed by atoms with E-state index >= 15 is 0 Å². The third-order valence-electron chi connectivity index (χ3n) is 7.27. The van der Waals surface area contributed by atoms with Gasteiger partial charge in [0.05, 0.1) is 48.4 Å². The molecule has 5 rings (SSSR count). The molecule has 182 valence electrons. The van der Waals surface area contributed by atoms with Gasteiger partial charge in [-0.25, -0.2) is 13.6 Å². The van der Waals surface area contributed by atoms with Crippen molar-refractivity contribution in [2.45, 2.75) is 64.3 Å². The summed E-state index contributed by atoms with van der Waals surface area (Å²) in [6, 6.07) is 1.59. The van der Waals surface area contributed by atoms with E-state index in [4.69, 9.17) is 5.73 Å². The smallest absolute Gasteiger partial charge is 0.322 e. The molecule has 11 heteroatoms. The summed E-state index contributed by atoms with van der Waals surface area (Å²) < 4.78 is 29.1. The number of anilines is 3. The molecule has 1 unspecified atom stereocenters. The summed E-state index contributed by atoms with van der Waals surface area (Å²) in [4.78, 5) is 31.9. The van der Waals surface area contributed by atoms with Gasteiger partial charge in [-0.2, -0.15) is 5.10 Å². The lowest BCUT2D eigenvalue weighted by atomic mass is 10.1. The average Bonchev–Trinajstić information content (AvgIpc) is 3.51. The number of fused-ring (bicyclic) bond motifs is 1. The van der Waals surface area contributed by atoms with E-state index < -0.39 is 17.7 Å². The van der Waals surface area contributed by atoms with Crippen LogP contribution >= 0.6 is 0 Å². The SMILES string of the molecule is C[C@H]1Cn2ncc(N3C(=O)CC(N4CCCC4)[C@@H]3C)c2CN1C(=O)Nc1cc(N)c(F)c(F)c1. The molecule has 34 heavy (non-hydrogen) atoms. The number of likely N-dealkylation sites (tertiary alicyclic amines) is 1. The van der Waals surface area contributed by atoms with E-state index in [1.807, 2.05) is 16.5 Å². The van der Waals surface area contributed by atoms with Crippen molar-refractivity contribution in [2.75, 3.05) is 29.0 Å². The molecule has 3 aliphatic heterocycles. The summed E-state index contributed by atoms with van der Waals surface area (Å²) in [5.41, 5.74) is 6.69. The maximum absolute atomic E-state index is 13.7. The maximum atomic E-state index is 13.7. The highest BCUT2D eigenvalue weighted by Gasteiger charge is 2.43. The van der Waals surface area contributed by atoms with Crippen LogP contribution in [0, 0.1) is 11.6 Å².